The molecule has 0 heterocycles. The van der Waals surface area contributed by atoms with Crippen LogP contribution in [0.5, 0.6) is 11.5 Å². The molecule has 59 heavy (non-hydrogen) atoms. The Balaban J connectivity index is 1.39. The van der Waals surface area contributed by atoms with Gasteiger partial charge < -0.3 is 14.2 Å². The minimum atomic E-state index is 0.608. The zero-order chi connectivity index (χ0) is 41.6. The van der Waals surface area contributed by atoms with Gasteiger partial charge in [0.15, 0.2) is 0 Å². The van der Waals surface area contributed by atoms with E-state index in [1.807, 2.05) is 0 Å². The molecule has 0 unspecified atom stereocenters. The summed E-state index contributed by atoms with van der Waals surface area (Å²) in [4.78, 5) is 0. The van der Waals surface area contributed by atoms with E-state index in [0.29, 0.717) is 25.0 Å². The summed E-state index contributed by atoms with van der Waals surface area (Å²) < 4.78 is 18.9. The number of benzene rings is 2. The van der Waals surface area contributed by atoms with Gasteiger partial charge in [-0.15, -0.1) is 0 Å². The summed E-state index contributed by atoms with van der Waals surface area (Å²) in [5.74, 6) is 5.03. The second kappa shape index (κ2) is 31.3. The lowest BCUT2D eigenvalue weighted by molar-refractivity contribution is 0.193. The lowest BCUT2D eigenvalue weighted by atomic mass is 9.75. The number of hydrogen-bond donors (Lipinski definition) is 0. The molecule has 332 valence electrons. The van der Waals surface area contributed by atoms with Gasteiger partial charge >= 0.3 is 0 Å². The Labute approximate surface area is 364 Å². The van der Waals surface area contributed by atoms with E-state index >= 15 is 0 Å². The maximum atomic E-state index is 6.54. The quantitative estimate of drug-likeness (QED) is 0.0689. The van der Waals surface area contributed by atoms with Crippen LogP contribution in [0.2, 0.25) is 0 Å². The molecule has 2 saturated carbocycles. The fraction of sp³-hybridized carbons (Fsp3) is 0.714. The average Bonchev–Trinajstić information content (AvgIpc) is 3.27. The first-order chi connectivity index (χ1) is 29.1. The van der Waals surface area contributed by atoms with Crippen molar-refractivity contribution in [3.63, 3.8) is 0 Å². The highest BCUT2D eigenvalue weighted by atomic mass is 16.5. The summed E-state index contributed by atoms with van der Waals surface area (Å²) in [7, 11) is 0. The van der Waals surface area contributed by atoms with Crippen LogP contribution in [0.1, 0.15) is 219 Å². The van der Waals surface area contributed by atoms with E-state index in [1.54, 1.807) is 0 Å². The smallest absolute Gasteiger partial charge is 0.119 e. The third-order valence-corrected chi connectivity index (χ3v) is 13.8. The molecule has 4 rings (SSSR count). The van der Waals surface area contributed by atoms with Gasteiger partial charge in [-0.1, -0.05) is 180 Å². The van der Waals surface area contributed by atoms with Crippen molar-refractivity contribution in [2.24, 2.45) is 23.7 Å². The van der Waals surface area contributed by atoms with Crippen molar-refractivity contribution >= 4 is 11.1 Å². The van der Waals surface area contributed by atoms with Gasteiger partial charge in [-0.2, -0.15) is 0 Å². The van der Waals surface area contributed by atoms with Gasteiger partial charge in [0.05, 0.1) is 26.4 Å². The maximum absolute atomic E-state index is 6.54. The van der Waals surface area contributed by atoms with Crippen molar-refractivity contribution in [2.45, 2.75) is 207 Å². The average molecular weight is 811 g/mol. The van der Waals surface area contributed by atoms with Crippen LogP contribution >= 0.6 is 0 Å². The molecule has 2 aliphatic carbocycles. The van der Waals surface area contributed by atoms with Crippen LogP contribution < -0.4 is 9.47 Å². The number of unbranched alkanes of at least 4 members (excludes halogenated alkanes) is 14. The van der Waals surface area contributed by atoms with Gasteiger partial charge in [0.1, 0.15) is 11.5 Å². The van der Waals surface area contributed by atoms with Crippen molar-refractivity contribution in [3.05, 3.63) is 71.8 Å². The molecule has 2 aromatic rings. The number of hydrogen-bond acceptors (Lipinski definition) is 3. The second-order valence-electron chi connectivity index (χ2n) is 18.6. The molecule has 2 aromatic carbocycles. The van der Waals surface area contributed by atoms with Gasteiger partial charge in [0.2, 0.25) is 0 Å². The molecule has 0 atom stereocenters. The molecule has 0 bridgehead atoms. The minimum Gasteiger partial charge on any atom is -0.494 e. The standard InChI is InChI=1S/C56H90O3/c1-5-9-13-15-17-21-43-58-53-37-33-51(34-38-53)55(49-29-25-47(26-30-49)23-19-11-7-3)41-45-57-46-42-56(50-31-27-48(28-32-50)24-20-12-8-4)52-35-39-54(40-36-52)59-44-22-18-16-14-10-6-2/h33-42,47-50H,5-32,43-46H2,1-4H3/t47-,48-,49-,50-. The zero-order valence-corrected chi connectivity index (χ0v) is 38.9. The number of allylic oxidation sites excluding steroid dienone is 2. The maximum Gasteiger partial charge on any atom is 0.119 e. The molecule has 0 radical (unpaired) electrons. The van der Waals surface area contributed by atoms with Crippen LogP contribution in [0.15, 0.2) is 60.7 Å². The van der Waals surface area contributed by atoms with Crippen LogP contribution in [-0.2, 0) is 4.74 Å². The highest BCUT2D eigenvalue weighted by Crippen LogP contribution is 2.41. The Hall–Kier alpha value is -2.52. The Bertz CT molecular complexity index is 1250. The monoisotopic (exact) mass is 811 g/mol. The van der Waals surface area contributed by atoms with Crippen LogP contribution in [0.4, 0.5) is 0 Å². The van der Waals surface area contributed by atoms with Gasteiger partial charge in [-0.3, -0.25) is 0 Å². The SMILES string of the molecule is CCCCCCCCOc1ccc(C(=CCOCC=C(c2ccc(OCCCCCCCC)cc2)[C@H]2CC[C@H](CCCCC)CC2)[C@H]2CC[C@H](CCCCC)CC2)cc1. The van der Waals surface area contributed by atoms with Gasteiger partial charge in [0, 0.05) is 0 Å². The predicted molar refractivity (Wildman–Crippen MR) is 257 cm³/mol. The third-order valence-electron chi connectivity index (χ3n) is 13.8. The number of rotatable bonds is 32. The van der Waals surface area contributed by atoms with E-state index in [9.17, 15) is 0 Å². The fourth-order valence-electron chi connectivity index (χ4n) is 9.93. The highest BCUT2D eigenvalue weighted by molar-refractivity contribution is 5.69. The van der Waals surface area contributed by atoms with E-state index < -0.39 is 0 Å². The summed E-state index contributed by atoms with van der Waals surface area (Å²) in [5, 5.41) is 0. The van der Waals surface area contributed by atoms with E-state index in [1.165, 1.54) is 189 Å². The van der Waals surface area contributed by atoms with Crippen LogP contribution in [0.3, 0.4) is 0 Å². The third kappa shape index (κ3) is 19.8. The zero-order valence-electron chi connectivity index (χ0n) is 38.9. The molecule has 0 spiro atoms. The molecule has 0 aromatic heterocycles. The van der Waals surface area contributed by atoms with Crippen LogP contribution in [0, 0.1) is 23.7 Å². The van der Waals surface area contributed by atoms with Crippen LogP contribution in [0.25, 0.3) is 11.1 Å². The summed E-state index contributed by atoms with van der Waals surface area (Å²) in [6.45, 7) is 12.1. The lowest BCUT2D eigenvalue weighted by Gasteiger charge is -2.31. The molecular weight excluding hydrogens is 721 g/mol. The highest BCUT2D eigenvalue weighted by Gasteiger charge is 2.26. The van der Waals surface area contributed by atoms with Gasteiger partial charge in [0.25, 0.3) is 0 Å². The fourth-order valence-corrected chi connectivity index (χ4v) is 9.93. The molecule has 0 amide bonds. The lowest BCUT2D eigenvalue weighted by Crippen LogP contribution is -2.17. The first-order valence-electron chi connectivity index (χ1n) is 25.6. The summed E-state index contributed by atoms with van der Waals surface area (Å²) in [6.07, 6.45) is 42.0. The van der Waals surface area contributed by atoms with Gasteiger partial charge in [-0.25, -0.2) is 0 Å². The molecule has 2 aliphatic rings. The van der Waals surface area contributed by atoms with E-state index in [4.69, 9.17) is 14.2 Å². The first kappa shape index (κ1) is 49.1. The summed E-state index contributed by atoms with van der Waals surface area (Å²) >= 11 is 0. The Morgan fingerprint density at radius 1 is 0.424 bits per heavy atom. The number of ether oxygens (including phenoxy) is 3. The topological polar surface area (TPSA) is 27.7 Å². The van der Waals surface area contributed by atoms with Crippen molar-refractivity contribution in [2.75, 3.05) is 26.4 Å². The largest absolute Gasteiger partial charge is 0.494 e. The van der Waals surface area contributed by atoms with Crippen molar-refractivity contribution in [1.29, 1.82) is 0 Å². The molecule has 0 aliphatic heterocycles. The molecule has 0 N–H and O–H groups in total. The van der Waals surface area contributed by atoms with Crippen molar-refractivity contribution in [1.82, 2.24) is 0 Å². The van der Waals surface area contributed by atoms with Crippen LogP contribution in [-0.4, -0.2) is 26.4 Å². The van der Waals surface area contributed by atoms with E-state index in [0.717, 1.165) is 49.4 Å². The summed E-state index contributed by atoms with van der Waals surface area (Å²) in [5.41, 5.74) is 5.67. The summed E-state index contributed by atoms with van der Waals surface area (Å²) in [6, 6.07) is 18.1. The van der Waals surface area contributed by atoms with Crippen molar-refractivity contribution in [3.8, 4) is 11.5 Å². The minimum absolute atomic E-state index is 0.608. The molecule has 3 heteroatoms. The Kier molecular flexibility index (Phi) is 26.1. The molecular formula is C56H90O3. The first-order valence-corrected chi connectivity index (χ1v) is 25.6. The predicted octanol–water partition coefficient (Wildman–Crippen LogP) is 17.4. The molecule has 3 nitrogen and oxygen atoms in total. The van der Waals surface area contributed by atoms with E-state index in [2.05, 4.69) is 88.4 Å². The normalized spacial score (nSPS) is 20.2. The van der Waals surface area contributed by atoms with Gasteiger partial charge in [-0.05, 0) is 134 Å². The molecule has 0 saturated heterocycles. The molecule has 2 fully saturated rings. The Morgan fingerprint density at radius 2 is 0.763 bits per heavy atom. The van der Waals surface area contributed by atoms with Crippen molar-refractivity contribution < 1.29 is 14.2 Å². The second-order valence-corrected chi connectivity index (χ2v) is 18.6. The van der Waals surface area contributed by atoms with E-state index in [-0.39, 0.29) is 0 Å². The Morgan fingerprint density at radius 3 is 1.14 bits per heavy atom.